The van der Waals surface area contributed by atoms with Crippen molar-refractivity contribution in [2.24, 2.45) is 0 Å². The molecular weight excluding hydrogens is 402 g/mol. The molecule has 0 unspecified atom stereocenters. The highest BCUT2D eigenvalue weighted by Gasteiger charge is 2.17. The maximum atomic E-state index is 9.87. The third-order valence-electron chi connectivity index (χ3n) is 4.88. The van der Waals surface area contributed by atoms with E-state index >= 15 is 0 Å². The lowest BCUT2D eigenvalue weighted by atomic mass is 10.0. The van der Waals surface area contributed by atoms with E-state index in [2.05, 4.69) is 26.8 Å². The minimum atomic E-state index is -0.757. The second kappa shape index (κ2) is 8.50. The van der Waals surface area contributed by atoms with Crippen LogP contribution in [0.2, 0.25) is 5.15 Å². The molecule has 0 spiro atoms. The average Bonchev–Trinajstić information content (AvgIpc) is 2.98. The van der Waals surface area contributed by atoms with E-state index in [0.717, 1.165) is 28.1 Å². The summed E-state index contributed by atoms with van der Waals surface area (Å²) in [4.78, 5) is 12.9. The van der Waals surface area contributed by atoms with E-state index < -0.39 is 5.60 Å². The Kier molecular flexibility index (Phi) is 6.20. The Morgan fingerprint density at radius 1 is 1.30 bits per heavy atom. The van der Waals surface area contributed by atoms with Gasteiger partial charge in [0.2, 0.25) is 5.95 Å². The highest BCUT2D eigenvalue weighted by molar-refractivity contribution is 6.34. The Labute approximate surface area is 181 Å². The number of anilines is 1. The third-order valence-corrected chi connectivity index (χ3v) is 5.16. The summed E-state index contributed by atoms with van der Waals surface area (Å²) in [5.74, 6) is 7.12. The fourth-order valence-corrected chi connectivity index (χ4v) is 3.56. The molecule has 0 amide bonds. The summed E-state index contributed by atoms with van der Waals surface area (Å²) < 4.78 is 7.44. The highest BCUT2D eigenvalue weighted by atomic mass is 35.5. The lowest BCUT2D eigenvalue weighted by Crippen LogP contribution is -2.17. The molecule has 0 aliphatic carbocycles. The first-order valence-corrected chi connectivity index (χ1v) is 10.0. The Morgan fingerprint density at radius 3 is 2.70 bits per heavy atom. The van der Waals surface area contributed by atoms with Gasteiger partial charge in [-0.1, -0.05) is 23.4 Å². The SMILES string of the molecule is COc1c(C)ncc(Cn2cc(C#CCCC(C)(C)O)c3c(Cl)nc(N)nc32)c1C. The van der Waals surface area contributed by atoms with Gasteiger partial charge >= 0.3 is 0 Å². The van der Waals surface area contributed by atoms with Crippen LogP contribution in [-0.4, -0.2) is 37.3 Å². The van der Waals surface area contributed by atoms with Crippen molar-refractivity contribution in [1.82, 2.24) is 19.5 Å². The predicted molar refractivity (Wildman–Crippen MR) is 119 cm³/mol. The fourth-order valence-electron chi connectivity index (χ4n) is 3.29. The number of aromatic nitrogens is 4. The molecule has 0 saturated heterocycles. The quantitative estimate of drug-likeness (QED) is 0.476. The molecular formula is C22H26ClN5O2. The molecule has 3 aromatic heterocycles. The van der Waals surface area contributed by atoms with E-state index in [1.165, 1.54) is 0 Å². The summed E-state index contributed by atoms with van der Waals surface area (Å²) in [5.41, 5.74) is 9.25. The molecule has 0 bridgehead atoms. The number of hydrogen-bond acceptors (Lipinski definition) is 6. The standard InChI is InChI=1S/C22H26ClN5O2/c1-13-16(10-25-14(2)18(13)30-5)12-28-11-15(8-6-7-9-22(3,4)29)17-19(23)26-21(24)27-20(17)28/h10-11,29H,7,9,12H2,1-5H3,(H2,24,26,27). The van der Waals surface area contributed by atoms with Crippen molar-refractivity contribution in [2.45, 2.75) is 52.7 Å². The summed E-state index contributed by atoms with van der Waals surface area (Å²) in [5, 5.41) is 10.8. The smallest absolute Gasteiger partial charge is 0.223 e. The van der Waals surface area contributed by atoms with Crippen molar-refractivity contribution in [3.8, 4) is 17.6 Å². The van der Waals surface area contributed by atoms with Crippen molar-refractivity contribution in [3.63, 3.8) is 0 Å². The summed E-state index contributed by atoms with van der Waals surface area (Å²) in [6, 6.07) is 0. The molecule has 0 fully saturated rings. The Morgan fingerprint density at radius 2 is 2.03 bits per heavy atom. The van der Waals surface area contributed by atoms with E-state index in [1.54, 1.807) is 21.0 Å². The second-order valence-corrected chi connectivity index (χ2v) is 8.24. The van der Waals surface area contributed by atoms with Crippen LogP contribution < -0.4 is 10.5 Å². The maximum absolute atomic E-state index is 9.87. The minimum absolute atomic E-state index is 0.102. The van der Waals surface area contributed by atoms with Crippen LogP contribution in [0.3, 0.4) is 0 Å². The Hall–Kier alpha value is -2.82. The number of hydrogen-bond donors (Lipinski definition) is 2. The van der Waals surface area contributed by atoms with Crippen molar-refractivity contribution in [3.05, 3.63) is 39.9 Å². The van der Waals surface area contributed by atoms with Crippen LogP contribution in [0.5, 0.6) is 5.75 Å². The molecule has 0 radical (unpaired) electrons. The third kappa shape index (κ3) is 4.66. The molecule has 30 heavy (non-hydrogen) atoms. The highest BCUT2D eigenvalue weighted by Crippen LogP contribution is 2.29. The van der Waals surface area contributed by atoms with E-state index in [9.17, 15) is 5.11 Å². The number of fused-ring (bicyclic) bond motifs is 1. The number of nitrogens with zero attached hydrogens (tertiary/aromatic N) is 4. The average molecular weight is 428 g/mol. The zero-order valence-corrected chi connectivity index (χ0v) is 18.6. The van der Waals surface area contributed by atoms with Gasteiger partial charge < -0.3 is 20.1 Å². The number of pyridine rings is 1. The van der Waals surface area contributed by atoms with Crippen molar-refractivity contribution < 1.29 is 9.84 Å². The number of halogens is 1. The number of aryl methyl sites for hydroxylation is 1. The molecule has 3 heterocycles. The van der Waals surface area contributed by atoms with Crippen molar-refractivity contribution in [2.75, 3.05) is 12.8 Å². The number of aliphatic hydroxyl groups is 1. The predicted octanol–water partition coefficient (Wildman–Crippen LogP) is 3.64. The normalized spacial score (nSPS) is 11.4. The molecule has 3 N–H and O–H groups in total. The zero-order valence-electron chi connectivity index (χ0n) is 17.9. The van der Waals surface area contributed by atoms with Crippen molar-refractivity contribution in [1.29, 1.82) is 0 Å². The van der Waals surface area contributed by atoms with Gasteiger partial charge in [0, 0.05) is 18.8 Å². The molecule has 0 saturated carbocycles. The second-order valence-electron chi connectivity index (χ2n) is 7.88. The molecule has 158 valence electrons. The van der Waals surface area contributed by atoms with Crippen LogP contribution in [0, 0.1) is 25.7 Å². The maximum Gasteiger partial charge on any atom is 0.223 e. The first-order valence-electron chi connectivity index (χ1n) is 9.63. The van der Waals surface area contributed by atoms with Crippen molar-refractivity contribution >= 4 is 28.6 Å². The van der Waals surface area contributed by atoms with Crippen LogP contribution in [0.1, 0.15) is 49.1 Å². The lowest BCUT2D eigenvalue weighted by molar-refractivity contribution is 0.0727. The van der Waals surface area contributed by atoms with E-state index in [0.29, 0.717) is 30.4 Å². The van der Waals surface area contributed by atoms with Crippen LogP contribution in [-0.2, 0) is 6.54 Å². The fraction of sp³-hybridized carbons (Fsp3) is 0.409. The number of methoxy groups -OCH3 is 1. The molecule has 0 aromatic carbocycles. The lowest BCUT2D eigenvalue weighted by Gasteiger charge is -2.13. The van der Waals surface area contributed by atoms with Gasteiger partial charge in [0.15, 0.2) is 0 Å². The summed E-state index contributed by atoms with van der Waals surface area (Å²) in [6.07, 6.45) is 4.86. The topological polar surface area (TPSA) is 99.1 Å². The van der Waals surface area contributed by atoms with E-state index in [1.807, 2.05) is 30.8 Å². The number of ether oxygens (including phenoxy) is 1. The van der Waals surface area contributed by atoms with Crippen LogP contribution in [0.4, 0.5) is 5.95 Å². The monoisotopic (exact) mass is 427 g/mol. The van der Waals surface area contributed by atoms with Gasteiger partial charge in [-0.2, -0.15) is 4.98 Å². The van der Waals surface area contributed by atoms with Gasteiger partial charge in [-0.3, -0.25) is 4.98 Å². The Balaban J connectivity index is 2.05. The molecule has 8 heteroatoms. The number of nitrogen functional groups attached to an aromatic ring is 1. The molecule has 7 nitrogen and oxygen atoms in total. The minimum Gasteiger partial charge on any atom is -0.495 e. The molecule has 0 aliphatic heterocycles. The van der Waals surface area contributed by atoms with Gasteiger partial charge in [0.05, 0.1) is 35.9 Å². The molecule has 3 aromatic rings. The summed E-state index contributed by atoms with van der Waals surface area (Å²) in [7, 11) is 1.64. The molecule has 0 atom stereocenters. The van der Waals surface area contributed by atoms with Crippen LogP contribution in [0.25, 0.3) is 11.0 Å². The Bertz CT molecular complexity index is 1150. The van der Waals surface area contributed by atoms with Gasteiger partial charge in [0.1, 0.15) is 16.5 Å². The van der Waals surface area contributed by atoms with Crippen LogP contribution >= 0.6 is 11.6 Å². The van der Waals surface area contributed by atoms with Gasteiger partial charge in [-0.15, -0.1) is 0 Å². The zero-order chi connectivity index (χ0) is 22.1. The largest absolute Gasteiger partial charge is 0.495 e. The van der Waals surface area contributed by atoms with Gasteiger partial charge in [-0.25, -0.2) is 4.98 Å². The molecule has 0 aliphatic rings. The van der Waals surface area contributed by atoms with Gasteiger partial charge in [0.25, 0.3) is 0 Å². The molecule has 3 rings (SSSR count). The first kappa shape index (κ1) is 21.9. The summed E-state index contributed by atoms with van der Waals surface area (Å²) in [6.45, 7) is 7.95. The van der Waals surface area contributed by atoms with Crippen LogP contribution in [0.15, 0.2) is 12.4 Å². The number of rotatable bonds is 5. The van der Waals surface area contributed by atoms with E-state index in [-0.39, 0.29) is 11.1 Å². The summed E-state index contributed by atoms with van der Waals surface area (Å²) >= 11 is 6.38. The first-order chi connectivity index (χ1) is 14.1. The number of nitrogens with two attached hydrogens (primary N) is 1. The van der Waals surface area contributed by atoms with Gasteiger partial charge in [-0.05, 0) is 45.2 Å². The van der Waals surface area contributed by atoms with E-state index in [4.69, 9.17) is 22.1 Å².